The molecule has 0 N–H and O–H groups in total. The molecule has 3 aliphatic carbocycles. The average molecular weight is 162 g/mol. The second kappa shape index (κ2) is 2.48. The highest BCUT2D eigenvalue weighted by Crippen LogP contribution is 2.58. The lowest BCUT2D eigenvalue weighted by Gasteiger charge is -2.50. The largest absolute Gasteiger partial charge is 0.0996 e. The summed E-state index contributed by atoms with van der Waals surface area (Å²) in [5.41, 5.74) is 5.47. The molecule has 3 aliphatic rings. The van der Waals surface area contributed by atoms with Crippen LogP contribution in [-0.4, -0.2) is 0 Å². The topological polar surface area (TPSA) is 0 Å². The zero-order valence-corrected chi connectivity index (χ0v) is 8.24. The molecular formula is C12H18. The van der Waals surface area contributed by atoms with Crippen molar-refractivity contribution in [3.8, 4) is 0 Å². The predicted molar refractivity (Wildman–Crippen MR) is 53.0 cm³/mol. The van der Waals surface area contributed by atoms with Gasteiger partial charge in [-0.2, -0.15) is 0 Å². The second-order valence-corrected chi connectivity index (χ2v) is 4.47. The lowest BCUT2D eigenvalue weighted by Crippen LogP contribution is -2.36. The Morgan fingerprint density at radius 3 is 2.50 bits per heavy atom. The molecule has 0 aliphatic heterocycles. The van der Waals surface area contributed by atoms with E-state index in [1.807, 2.05) is 0 Å². The third-order valence-corrected chi connectivity index (χ3v) is 3.84. The van der Waals surface area contributed by atoms with Crippen LogP contribution >= 0.6 is 0 Å². The molecule has 12 heavy (non-hydrogen) atoms. The predicted octanol–water partition coefficient (Wildman–Crippen LogP) is 3.84. The first-order chi connectivity index (χ1) is 5.68. The van der Waals surface area contributed by atoms with Gasteiger partial charge in [-0.25, -0.2) is 0 Å². The van der Waals surface area contributed by atoms with Gasteiger partial charge in [0.05, 0.1) is 0 Å². The molecular weight excluding hydrogens is 144 g/mol. The minimum Gasteiger partial charge on any atom is -0.0996 e. The van der Waals surface area contributed by atoms with Crippen molar-refractivity contribution in [1.29, 1.82) is 0 Å². The van der Waals surface area contributed by atoms with Gasteiger partial charge in [-0.1, -0.05) is 30.2 Å². The van der Waals surface area contributed by atoms with Crippen LogP contribution < -0.4 is 0 Å². The summed E-state index contributed by atoms with van der Waals surface area (Å²) in [7, 11) is 0. The summed E-state index contributed by atoms with van der Waals surface area (Å²) in [5, 5.41) is 0. The molecule has 0 amide bonds. The van der Waals surface area contributed by atoms with Gasteiger partial charge in [-0.3, -0.25) is 0 Å². The molecule has 0 radical (unpaired) electrons. The summed E-state index contributed by atoms with van der Waals surface area (Å²) in [4.78, 5) is 0. The van der Waals surface area contributed by atoms with E-state index in [1.165, 1.54) is 37.7 Å². The van der Waals surface area contributed by atoms with Crippen LogP contribution in [0.3, 0.4) is 0 Å². The molecule has 0 saturated heterocycles. The van der Waals surface area contributed by atoms with Gasteiger partial charge in [-0.15, -0.1) is 0 Å². The lowest BCUT2D eigenvalue weighted by molar-refractivity contribution is 0.216. The van der Waals surface area contributed by atoms with E-state index in [0.717, 1.165) is 0 Å². The highest BCUT2D eigenvalue weighted by Gasteiger charge is 2.44. The standard InChI is InChI=1S/C12H18/c1-4-10-5-6-12(9(2)3)7-11(10)8-12/h2,4-8H2,1,3H3. The summed E-state index contributed by atoms with van der Waals surface area (Å²) in [5.74, 6) is 0. The molecule has 0 aromatic heterocycles. The molecule has 1 saturated carbocycles. The van der Waals surface area contributed by atoms with E-state index < -0.39 is 0 Å². The maximum Gasteiger partial charge on any atom is -0.00161 e. The highest BCUT2D eigenvalue weighted by molar-refractivity contribution is 5.36. The minimum atomic E-state index is 0.550. The van der Waals surface area contributed by atoms with Crippen LogP contribution in [0, 0.1) is 5.41 Å². The van der Waals surface area contributed by atoms with Gasteiger partial charge in [0.15, 0.2) is 0 Å². The zero-order valence-electron chi connectivity index (χ0n) is 8.24. The number of fused-ring (bicyclic) bond motifs is 2. The summed E-state index contributed by atoms with van der Waals surface area (Å²) in [6.07, 6.45) is 6.67. The van der Waals surface area contributed by atoms with Crippen molar-refractivity contribution in [1.82, 2.24) is 0 Å². The fourth-order valence-corrected chi connectivity index (χ4v) is 2.70. The Hall–Kier alpha value is -0.520. The average Bonchev–Trinajstić information content (AvgIpc) is 2.02. The van der Waals surface area contributed by atoms with Crippen LogP contribution in [0.15, 0.2) is 23.3 Å². The quantitative estimate of drug-likeness (QED) is 0.541. The first kappa shape index (κ1) is 8.10. The third kappa shape index (κ3) is 0.903. The van der Waals surface area contributed by atoms with Gasteiger partial charge in [-0.05, 0) is 44.4 Å². The Bertz CT molecular complexity index is 247. The first-order valence-corrected chi connectivity index (χ1v) is 5.04. The van der Waals surface area contributed by atoms with Crippen molar-refractivity contribution in [3.05, 3.63) is 23.3 Å². The van der Waals surface area contributed by atoms with Gasteiger partial charge in [0.2, 0.25) is 0 Å². The molecule has 0 aromatic rings. The van der Waals surface area contributed by atoms with E-state index in [-0.39, 0.29) is 0 Å². The molecule has 0 heteroatoms. The van der Waals surface area contributed by atoms with Crippen LogP contribution in [0.25, 0.3) is 0 Å². The van der Waals surface area contributed by atoms with Gasteiger partial charge in [0, 0.05) is 0 Å². The van der Waals surface area contributed by atoms with E-state index in [1.54, 1.807) is 11.1 Å². The third-order valence-electron chi connectivity index (χ3n) is 3.84. The van der Waals surface area contributed by atoms with Crippen LogP contribution in [0.1, 0.15) is 46.0 Å². The van der Waals surface area contributed by atoms with Crippen molar-refractivity contribution in [2.75, 3.05) is 0 Å². The van der Waals surface area contributed by atoms with E-state index >= 15 is 0 Å². The Morgan fingerprint density at radius 1 is 1.50 bits per heavy atom. The molecule has 0 heterocycles. The fraction of sp³-hybridized carbons (Fsp3) is 0.667. The molecule has 3 rings (SSSR count). The molecule has 0 spiro atoms. The fourth-order valence-electron chi connectivity index (χ4n) is 2.70. The van der Waals surface area contributed by atoms with Crippen molar-refractivity contribution >= 4 is 0 Å². The minimum absolute atomic E-state index is 0.550. The lowest BCUT2D eigenvalue weighted by atomic mass is 9.54. The summed E-state index contributed by atoms with van der Waals surface area (Å²) in [6, 6.07) is 0. The molecule has 1 fully saturated rings. The summed E-state index contributed by atoms with van der Waals surface area (Å²) in [6.45, 7) is 8.60. The van der Waals surface area contributed by atoms with Crippen molar-refractivity contribution in [2.45, 2.75) is 46.0 Å². The number of allylic oxidation sites excluding steroid dienone is 3. The van der Waals surface area contributed by atoms with E-state index in [0.29, 0.717) is 5.41 Å². The summed E-state index contributed by atoms with van der Waals surface area (Å²) < 4.78 is 0. The smallest absolute Gasteiger partial charge is 0.00161 e. The van der Waals surface area contributed by atoms with Crippen LogP contribution in [0.2, 0.25) is 0 Å². The monoisotopic (exact) mass is 162 g/mol. The van der Waals surface area contributed by atoms with E-state index in [9.17, 15) is 0 Å². The van der Waals surface area contributed by atoms with Gasteiger partial charge < -0.3 is 0 Å². The number of rotatable bonds is 2. The maximum absolute atomic E-state index is 4.12. The SMILES string of the molecule is C=C(C)C12CCC(CC)=C(C1)C2. The molecule has 0 nitrogen and oxygen atoms in total. The van der Waals surface area contributed by atoms with Gasteiger partial charge >= 0.3 is 0 Å². The van der Waals surface area contributed by atoms with Crippen LogP contribution in [0.4, 0.5) is 0 Å². The van der Waals surface area contributed by atoms with Gasteiger partial charge in [0.1, 0.15) is 0 Å². The number of hydrogen-bond donors (Lipinski definition) is 0. The molecule has 0 aromatic carbocycles. The van der Waals surface area contributed by atoms with Crippen LogP contribution in [0.5, 0.6) is 0 Å². The molecule has 2 bridgehead atoms. The maximum atomic E-state index is 4.12. The second-order valence-electron chi connectivity index (χ2n) is 4.47. The van der Waals surface area contributed by atoms with Crippen molar-refractivity contribution in [3.63, 3.8) is 0 Å². The van der Waals surface area contributed by atoms with Gasteiger partial charge in [0.25, 0.3) is 0 Å². The Balaban J connectivity index is 2.19. The first-order valence-electron chi connectivity index (χ1n) is 5.04. The highest BCUT2D eigenvalue weighted by atomic mass is 14.5. The van der Waals surface area contributed by atoms with Crippen molar-refractivity contribution < 1.29 is 0 Å². The molecule has 0 unspecified atom stereocenters. The Labute approximate surface area is 75.4 Å². The number of hydrogen-bond acceptors (Lipinski definition) is 0. The van der Waals surface area contributed by atoms with Crippen molar-refractivity contribution in [2.24, 2.45) is 5.41 Å². The molecule has 0 atom stereocenters. The normalized spacial score (nSPS) is 25.2. The van der Waals surface area contributed by atoms with E-state index in [2.05, 4.69) is 20.4 Å². The summed E-state index contributed by atoms with van der Waals surface area (Å²) >= 11 is 0. The molecule has 66 valence electrons. The Morgan fingerprint density at radius 2 is 2.17 bits per heavy atom. The Kier molecular flexibility index (Phi) is 1.67. The zero-order chi connectivity index (χ0) is 8.77. The van der Waals surface area contributed by atoms with E-state index in [4.69, 9.17) is 0 Å². The van der Waals surface area contributed by atoms with Crippen LogP contribution in [-0.2, 0) is 0 Å².